The van der Waals surface area contributed by atoms with E-state index in [1.54, 1.807) is 14.2 Å². The van der Waals surface area contributed by atoms with Gasteiger partial charge < -0.3 is 15.2 Å². The molecule has 0 saturated carbocycles. The highest BCUT2D eigenvalue weighted by molar-refractivity contribution is 5.49. The van der Waals surface area contributed by atoms with Gasteiger partial charge >= 0.3 is 0 Å². The summed E-state index contributed by atoms with van der Waals surface area (Å²) >= 11 is 0. The predicted octanol–water partition coefficient (Wildman–Crippen LogP) is 2.82. The van der Waals surface area contributed by atoms with Gasteiger partial charge in [0, 0.05) is 42.5 Å². The lowest BCUT2D eigenvalue weighted by Gasteiger charge is -2.46. The monoisotopic (exact) mass is 353 g/mol. The van der Waals surface area contributed by atoms with Crippen molar-refractivity contribution in [2.45, 2.75) is 37.8 Å². The zero-order valence-corrected chi connectivity index (χ0v) is 15.7. The fourth-order valence-electron chi connectivity index (χ4n) is 4.47. The van der Waals surface area contributed by atoms with Crippen molar-refractivity contribution in [1.82, 2.24) is 9.88 Å². The van der Waals surface area contributed by atoms with Crippen molar-refractivity contribution in [3.8, 4) is 11.5 Å². The summed E-state index contributed by atoms with van der Waals surface area (Å²) in [5, 5.41) is 0. The van der Waals surface area contributed by atoms with Gasteiger partial charge in [0.25, 0.3) is 0 Å². The van der Waals surface area contributed by atoms with E-state index in [1.807, 2.05) is 13.0 Å². The van der Waals surface area contributed by atoms with Crippen molar-refractivity contribution in [3.05, 3.63) is 52.8 Å². The molecule has 2 aliphatic heterocycles. The average molecular weight is 353 g/mol. The van der Waals surface area contributed by atoms with Gasteiger partial charge in [0.2, 0.25) is 0 Å². The zero-order valence-electron chi connectivity index (χ0n) is 15.7. The summed E-state index contributed by atoms with van der Waals surface area (Å²) in [7, 11) is 3.38. The molecule has 1 fully saturated rings. The Morgan fingerprint density at radius 1 is 1.15 bits per heavy atom. The Morgan fingerprint density at radius 2 is 1.92 bits per heavy atom. The van der Waals surface area contributed by atoms with Gasteiger partial charge in [0.1, 0.15) is 0 Å². The van der Waals surface area contributed by atoms with Crippen LogP contribution in [0.1, 0.15) is 40.9 Å². The lowest BCUT2D eigenvalue weighted by Crippen LogP contribution is -2.50. The molecular formula is C21H27N3O2. The van der Waals surface area contributed by atoms with Crippen molar-refractivity contribution in [2.75, 3.05) is 27.3 Å². The van der Waals surface area contributed by atoms with Gasteiger partial charge in [-0.3, -0.25) is 9.88 Å². The number of ether oxygens (including phenoxy) is 2. The van der Waals surface area contributed by atoms with Gasteiger partial charge in [-0.05, 0) is 55.2 Å². The summed E-state index contributed by atoms with van der Waals surface area (Å²) in [5.41, 5.74) is 11.5. The van der Waals surface area contributed by atoms with Crippen LogP contribution in [0.15, 0.2) is 30.3 Å². The Kier molecular flexibility index (Phi) is 4.59. The molecule has 2 aliphatic rings. The first-order chi connectivity index (χ1) is 12.6. The molecule has 0 spiro atoms. The first-order valence-electron chi connectivity index (χ1n) is 9.28. The Morgan fingerprint density at radius 3 is 2.65 bits per heavy atom. The number of hydrogen-bond donors (Lipinski definition) is 1. The SMILES string of the molecule is COc1cc2c(cc1OC)C1C[C@H](N)[C@@H](c3cccc(C)n3)CN1CC2. The van der Waals surface area contributed by atoms with E-state index in [2.05, 4.69) is 29.2 Å². The fraction of sp³-hybridized carbons (Fsp3) is 0.476. The smallest absolute Gasteiger partial charge is 0.161 e. The van der Waals surface area contributed by atoms with Crippen molar-refractivity contribution >= 4 is 0 Å². The first kappa shape index (κ1) is 17.3. The Hall–Kier alpha value is -2.11. The van der Waals surface area contributed by atoms with Crippen LogP contribution in [0.4, 0.5) is 0 Å². The Balaban J connectivity index is 1.64. The van der Waals surface area contributed by atoms with Crippen LogP contribution in [-0.4, -0.2) is 43.2 Å². The predicted molar refractivity (Wildman–Crippen MR) is 102 cm³/mol. The number of methoxy groups -OCH3 is 2. The molecule has 3 atom stereocenters. The molecule has 26 heavy (non-hydrogen) atoms. The molecule has 2 N–H and O–H groups in total. The van der Waals surface area contributed by atoms with Gasteiger partial charge in [-0.15, -0.1) is 0 Å². The molecule has 0 bridgehead atoms. The highest BCUT2D eigenvalue weighted by Gasteiger charge is 2.39. The van der Waals surface area contributed by atoms with Crippen LogP contribution in [0.5, 0.6) is 11.5 Å². The van der Waals surface area contributed by atoms with Crippen LogP contribution in [0.25, 0.3) is 0 Å². The summed E-state index contributed by atoms with van der Waals surface area (Å²) in [6.07, 6.45) is 1.96. The second-order valence-corrected chi connectivity index (χ2v) is 7.38. The van der Waals surface area contributed by atoms with Crippen molar-refractivity contribution in [1.29, 1.82) is 0 Å². The molecule has 1 saturated heterocycles. The summed E-state index contributed by atoms with van der Waals surface area (Å²) in [6.45, 7) is 4.04. The quantitative estimate of drug-likeness (QED) is 0.919. The number of benzene rings is 1. The lowest BCUT2D eigenvalue weighted by atomic mass is 9.79. The molecule has 0 amide bonds. The molecule has 0 radical (unpaired) electrons. The van der Waals surface area contributed by atoms with Crippen LogP contribution in [0, 0.1) is 6.92 Å². The number of hydrogen-bond acceptors (Lipinski definition) is 5. The molecule has 5 nitrogen and oxygen atoms in total. The van der Waals surface area contributed by atoms with E-state index in [4.69, 9.17) is 20.2 Å². The normalized spacial score (nSPS) is 25.3. The topological polar surface area (TPSA) is 60.6 Å². The third-order valence-corrected chi connectivity index (χ3v) is 5.85. The first-order valence-corrected chi connectivity index (χ1v) is 9.28. The largest absolute Gasteiger partial charge is 0.493 e. The minimum atomic E-state index is 0.101. The molecule has 3 heterocycles. The molecular weight excluding hydrogens is 326 g/mol. The highest BCUT2D eigenvalue weighted by atomic mass is 16.5. The number of aryl methyl sites for hydroxylation is 1. The second kappa shape index (κ2) is 6.89. The van der Waals surface area contributed by atoms with Gasteiger partial charge in [0.15, 0.2) is 11.5 Å². The molecule has 2 aromatic rings. The van der Waals surface area contributed by atoms with Crippen LogP contribution in [0.2, 0.25) is 0 Å². The number of pyridine rings is 1. The van der Waals surface area contributed by atoms with E-state index in [9.17, 15) is 0 Å². The zero-order chi connectivity index (χ0) is 18.3. The summed E-state index contributed by atoms with van der Waals surface area (Å²) in [5.74, 6) is 1.89. The number of fused-ring (bicyclic) bond motifs is 3. The Labute approximate surface area is 155 Å². The third kappa shape index (κ3) is 2.95. The van der Waals surface area contributed by atoms with E-state index in [0.717, 1.165) is 48.8 Å². The molecule has 1 aromatic heterocycles. The van der Waals surface area contributed by atoms with Gasteiger partial charge in [-0.25, -0.2) is 0 Å². The number of piperidine rings is 1. The maximum absolute atomic E-state index is 6.63. The van der Waals surface area contributed by atoms with Crippen molar-refractivity contribution in [3.63, 3.8) is 0 Å². The van der Waals surface area contributed by atoms with Crippen molar-refractivity contribution in [2.24, 2.45) is 5.73 Å². The number of nitrogens with two attached hydrogens (primary N) is 1. The van der Waals surface area contributed by atoms with E-state index in [0.29, 0.717) is 6.04 Å². The summed E-state index contributed by atoms with van der Waals surface area (Å²) < 4.78 is 11.0. The average Bonchev–Trinajstić information content (AvgIpc) is 2.66. The molecule has 4 rings (SSSR count). The van der Waals surface area contributed by atoms with E-state index >= 15 is 0 Å². The molecule has 1 unspecified atom stereocenters. The van der Waals surface area contributed by atoms with Gasteiger partial charge in [0.05, 0.1) is 14.2 Å². The van der Waals surface area contributed by atoms with E-state index < -0.39 is 0 Å². The van der Waals surface area contributed by atoms with Crippen LogP contribution in [0.3, 0.4) is 0 Å². The number of rotatable bonds is 3. The molecule has 5 heteroatoms. The van der Waals surface area contributed by atoms with E-state index in [-0.39, 0.29) is 12.0 Å². The highest BCUT2D eigenvalue weighted by Crippen LogP contribution is 2.43. The molecule has 1 aromatic carbocycles. The Bertz CT molecular complexity index is 808. The van der Waals surface area contributed by atoms with Gasteiger partial charge in [-0.1, -0.05) is 6.07 Å². The minimum Gasteiger partial charge on any atom is -0.493 e. The summed E-state index contributed by atoms with van der Waals surface area (Å²) in [4.78, 5) is 7.30. The lowest BCUT2D eigenvalue weighted by molar-refractivity contribution is 0.108. The minimum absolute atomic E-state index is 0.101. The van der Waals surface area contributed by atoms with Crippen LogP contribution < -0.4 is 15.2 Å². The van der Waals surface area contributed by atoms with Crippen LogP contribution >= 0.6 is 0 Å². The van der Waals surface area contributed by atoms with Crippen LogP contribution in [-0.2, 0) is 6.42 Å². The standard InChI is InChI=1S/C21H27N3O2/c1-13-5-4-6-18(23-13)16-12-24-8-7-14-9-20(25-2)21(26-3)10-15(14)19(24)11-17(16)22/h4-6,9-10,16-17,19H,7-8,11-12,22H2,1-3H3/t16-,17-,19?/m0/s1. The maximum atomic E-state index is 6.63. The van der Waals surface area contributed by atoms with Gasteiger partial charge in [-0.2, -0.15) is 0 Å². The number of nitrogens with zero attached hydrogens (tertiary/aromatic N) is 2. The molecule has 0 aliphatic carbocycles. The third-order valence-electron chi connectivity index (χ3n) is 5.85. The maximum Gasteiger partial charge on any atom is 0.161 e. The number of aromatic nitrogens is 1. The fourth-order valence-corrected chi connectivity index (χ4v) is 4.47. The summed E-state index contributed by atoms with van der Waals surface area (Å²) in [6, 6.07) is 11.0. The molecule has 138 valence electrons. The second-order valence-electron chi connectivity index (χ2n) is 7.38. The van der Waals surface area contributed by atoms with E-state index in [1.165, 1.54) is 11.1 Å². The van der Waals surface area contributed by atoms with Crippen molar-refractivity contribution < 1.29 is 9.47 Å².